The van der Waals surface area contributed by atoms with E-state index in [0.717, 1.165) is 48.6 Å². The van der Waals surface area contributed by atoms with Gasteiger partial charge in [-0.2, -0.15) is 0 Å². The molecule has 0 spiro atoms. The third-order valence-electron chi connectivity index (χ3n) is 5.26. The smallest absolute Gasteiger partial charge is 0.339 e. The van der Waals surface area contributed by atoms with E-state index < -0.39 is 11.9 Å². The molecule has 1 atom stereocenters. The zero-order chi connectivity index (χ0) is 19.7. The molecule has 1 aliphatic heterocycles. The number of amides is 2. The minimum Gasteiger partial charge on any atom is -0.482 e. The average Bonchev–Trinajstić information content (AvgIpc) is 3.08. The van der Waals surface area contributed by atoms with Gasteiger partial charge < -0.3 is 19.8 Å². The van der Waals surface area contributed by atoms with Gasteiger partial charge in [0.05, 0.1) is 5.02 Å². The van der Waals surface area contributed by atoms with Gasteiger partial charge in [-0.1, -0.05) is 11.6 Å². The molecule has 2 amide bonds. The number of hydrogen-bond acceptors (Lipinski definition) is 5. The van der Waals surface area contributed by atoms with Crippen LogP contribution in [0.1, 0.15) is 36.8 Å². The van der Waals surface area contributed by atoms with Crippen molar-refractivity contribution in [2.75, 3.05) is 13.2 Å². The molecular formula is C20H21ClN2O5. The molecule has 1 fully saturated rings. The van der Waals surface area contributed by atoms with E-state index in [9.17, 15) is 14.4 Å². The molecule has 0 saturated carbocycles. The standard InChI is InChI=1S/C20H21ClN2O5/c21-14-8-13-11-4-3-5-12(11)20(26)28-16(13)9-17(14)27-10-18(24)23-15-6-1-2-7-22-19(15)25/h8-9,15H,1-7,10H2,(H,22,25)(H,23,24). The number of halogens is 1. The predicted octanol–water partition coefficient (Wildman–Crippen LogP) is 2.10. The fourth-order valence-corrected chi connectivity index (χ4v) is 4.07. The number of carbonyl (C=O) groups excluding carboxylic acids is 2. The summed E-state index contributed by atoms with van der Waals surface area (Å²) < 4.78 is 10.9. The normalized spacial score (nSPS) is 19.0. The van der Waals surface area contributed by atoms with Gasteiger partial charge >= 0.3 is 5.63 Å². The highest BCUT2D eigenvalue weighted by Gasteiger charge is 2.23. The average molecular weight is 405 g/mol. The highest BCUT2D eigenvalue weighted by molar-refractivity contribution is 6.32. The lowest BCUT2D eigenvalue weighted by Gasteiger charge is -2.16. The fraction of sp³-hybridized carbons (Fsp3) is 0.450. The minimum atomic E-state index is -0.550. The van der Waals surface area contributed by atoms with Gasteiger partial charge in [-0.15, -0.1) is 0 Å². The summed E-state index contributed by atoms with van der Waals surface area (Å²) in [5.41, 5.74) is 1.77. The molecule has 2 heterocycles. The molecule has 1 aromatic heterocycles. The Balaban J connectivity index is 1.48. The Kier molecular flexibility index (Phi) is 5.26. The van der Waals surface area contributed by atoms with Crippen molar-refractivity contribution >= 4 is 34.4 Å². The van der Waals surface area contributed by atoms with Gasteiger partial charge in [-0.3, -0.25) is 9.59 Å². The van der Waals surface area contributed by atoms with Crippen LogP contribution in [0.2, 0.25) is 5.02 Å². The van der Waals surface area contributed by atoms with E-state index >= 15 is 0 Å². The van der Waals surface area contributed by atoms with Crippen LogP contribution in [-0.4, -0.2) is 31.0 Å². The van der Waals surface area contributed by atoms with Crippen LogP contribution in [0, 0.1) is 0 Å². The SMILES string of the molecule is O=C(COc1cc2oc(=O)c3c(c2cc1Cl)CCC3)NC1CCCCNC1=O. The Hall–Kier alpha value is -2.54. The molecule has 28 heavy (non-hydrogen) atoms. The van der Waals surface area contributed by atoms with Crippen LogP contribution < -0.4 is 21.0 Å². The molecule has 2 N–H and O–H groups in total. The Bertz CT molecular complexity index is 1000. The second kappa shape index (κ2) is 7.83. The number of aryl methyl sites for hydroxylation is 1. The predicted molar refractivity (Wildman–Crippen MR) is 104 cm³/mol. The summed E-state index contributed by atoms with van der Waals surface area (Å²) >= 11 is 6.32. The lowest BCUT2D eigenvalue weighted by Crippen LogP contribution is -2.46. The van der Waals surface area contributed by atoms with Crippen LogP contribution in [-0.2, 0) is 22.4 Å². The molecule has 0 radical (unpaired) electrons. The van der Waals surface area contributed by atoms with Gasteiger partial charge in [0.1, 0.15) is 17.4 Å². The van der Waals surface area contributed by atoms with E-state index in [2.05, 4.69) is 10.6 Å². The first-order valence-electron chi connectivity index (χ1n) is 9.51. The number of nitrogens with one attached hydrogen (secondary N) is 2. The van der Waals surface area contributed by atoms with Gasteiger partial charge in [-0.25, -0.2) is 4.79 Å². The van der Waals surface area contributed by atoms with Crippen LogP contribution in [0.4, 0.5) is 0 Å². The molecule has 1 saturated heterocycles. The number of fused-ring (bicyclic) bond motifs is 3. The van der Waals surface area contributed by atoms with Crippen LogP contribution >= 0.6 is 11.6 Å². The van der Waals surface area contributed by atoms with Crippen molar-refractivity contribution in [1.82, 2.24) is 10.6 Å². The lowest BCUT2D eigenvalue weighted by atomic mass is 10.1. The largest absolute Gasteiger partial charge is 0.482 e. The van der Waals surface area contributed by atoms with E-state index in [1.54, 1.807) is 12.1 Å². The van der Waals surface area contributed by atoms with Crippen molar-refractivity contribution in [2.45, 2.75) is 44.6 Å². The summed E-state index contributed by atoms with van der Waals surface area (Å²) in [6, 6.07) is 2.71. The van der Waals surface area contributed by atoms with Crippen LogP contribution in [0.15, 0.2) is 21.3 Å². The summed E-state index contributed by atoms with van der Waals surface area (Å²) in [7, 11) is 0. The quantitative estimate of drug-likeness (QED) is 0.760. The zero-order valence-corrected chi connectivity index (χ0v) is 16.1. The first-order chi connectivity index (χ1) is 13.5. The summed E-state index contributed by atoms with van der Waals surface area (Å²) in [6.45, 7) is 0.341. The summed E-state index contributed by atoms with van der Waals surface area (Å²) in [5.74, 6) is -0.324. The lowest BCUT2D eigenvalue weighted by molar-refractivity contribution is -0.129. The Morgan fingerprint density at radius 1 is 1.21 bits per heavy atom. The van der Waals surface area contributed by atoms with E-state index in [4.69, 9.17) is 20.8 Å². The Morgan fingerprint density at radius 3 is 2.89 bits per heavy atom. The van der Waals surface area contributed by atoms with Crippen molar-refractivity contribution in [2.24, 2.45) is 0 Å². The maximum Gasteiger partial charge on any atom is 0.339 e. The summed E-state index contributed by atoms with van der Waals surface area (Å²) in [4.78, 5) is 36.2. The monoisotopic (exact) mass is 404 g/mol. The van der Waals surface area contributed by atoms with E-state index in [1.807, 2.05) is 0 Å². The molecule has 0 bridgehead atoms. The molecule has 148 valence electrons. The molecule has 1 aliphatic carbocycles. The zero-order valence-electron chi connectivity index (χ0n) is 15.3. The van der Waals surface area contributed by atoms with Crippen molar-refractivity contribution in [3.63, 3.8) is 0 Å². The molecule has 4 rings (SSSR count). The molecule has 1 aromatic carbocycles. The number of benzene rings is 1. The van der Waals surface area contributed by atoms with Crippen LogP contribution in [0.25, 0.3) is 11.0 Å². The number of hydrogen-bond donors (Lipinski definition) is 2. The molecule has 2 aromatic rings. The number of carbonyl (C=O) groups is 2. The molecule has 8 heteroatoms. The van der Waals surface area contributed by atoms with Gasteiger partial charge in [0, 0.05) is 23.6 Å². The number of rotatable bonds is 4. The first kappa shape index (κ1) is 18.8. The van der Waals surface area contributed by atoms with Crippen LogP contribution in [0.3, 0.4) is 0 Å². The van der Waals surface area contributed by atoms with Gasteiger partial charge in [0.15, 0.2) is 6.61 Å². The van der Waals surface area contributed by atoms with E-state index in [1.165, 1.54) is 0 Å². The van der Waals surface area contributed by atoms with Crippen LogP contribution in [0.5, 0.6) is 5.75 Å². The highest BCUT2D eigenvalue weighted by atomic mass is 35.5. The second-order valence-electron chi connectivity index (χ2n) is 7.17. The summed E-state index contributed by atoms with van der Waals surface area (Å²) in [6.07, 6.45) is 4.83. The third kappa shape index (κ3) is 3.71. The van der Waals surface area contributed by atoms with Crippen molar-refractivity contribution in [1.29, 1.82) is 0 Å². The summed E-state index contributed by atoms with van der Waals surface area (Å²) in [5, 5.41) is 6.61. The molecule has 7 nitrogen and oxygen atoms in total. The fourth-order valence-electron chi connectivity index (χ4n) is 3.85. The van der Waals surface area contributed by atoms with E-state index in [0.29, 0.717) is 23.6 Å². The molecule has 2 aliphatic rings. The maximum absolute atomic E-state index is 12.2. The van der Waals surface area contributed by atoms with Gasteiger partial charge in [0.25, 0.3) is 5.91 Å². The topological polar surface area (TPSA) is 97.6 Å². The number of ether oxygens (including phenoxy) is 1. The Labute approximate surface area is 166 Å². The van der Waals surface area contributed by atoms with Gasteiger partial charge in [0.2, 0.25) is 5.91 Å². The first-order valence-corrected chi connectivity index (χ1v) is 9.88. The molecule has 1 unspecified atom stereocenters. The van der Waals surface area contributed by atoms with Crippen molar-refractivity contribution in [3.05, 3.63) is 38.7 Å². The van der Waals surface area contributed by atoms with E-state index in [-0.39, 0.29) is 23.9 Å². The molecular weight excluding hydrogens is 384 g/mol. The Morgan fingerprint density at radius 2 is 2.04 bits per heavy atom. The second-order valence-corrected chi connectivity index (χ2v) is 7.58. The maximum atomic E-state index is 12.2. The van der Waals surface area contributed by atoms with Crippen molar-refractivity contribution < 1.29 is 18.7 Å². The minimum absolute atomic E-state index is 0.176. The highest BCUT2D eigenvalue weighted by Crippen LogP contribution is 2.34. The van der Waals surface area contributed by atoms with Crippen molar-refractivity contribution in [3.8, 4) is 5.75 Å². The third-order valence-corrected chi connectivity index (χ3v) is 5.55. The van der Waals surface area contributed by atoms with Gasteiger partial charge in [-0.05, 0) is 50.2 Å².